The molecule has 0 aromatic heterocycles. The van der Waals surface area contributed by atoms with E-state index in [1.807, 2.05) is 105 Å². The standard InChI is InChI=1S/2C13H18BrClOS.C11H13BrClNOS.CH3.BrH.Mg/c2*1-9(8-17(16)13(2,3)4)10-5-11(14)7-12(15)6-10;1-11(2,3)16(15)14-7-8-4-9(12)6-10(13)5-8;;;/h2*5-7,9H,8H2,1-4H3;4-7H,1-3H3;1H3;1H;/q;;;-1;;+2/p-1/t9-,17+;9-,17-;16-;;;/m101.../s1. The topological polar surface area (TPSA) is 63.6 Å². The van der Waals surface area contributed by atoms with Gasteiger partial charge in [0.15, 0.2) is 0 Å². The SMILES string of the molecule is CC(C)(C)[S@@](=O)N=Cc1cc(Cl)cc(Br)c1.C[C@@H](C[S@](=O)C(C)(C)C)c1cc(Cl)cc(Br)c1.C[C@H](C[S@](=O)C(C)(C)C)c1cc(Cl)cc(Br)c1.[Br-].[CH3-].[Mg+2]. The van der Waals surface area contributed by atoms with Crippen molar-refractivity contribution in [2.45, 2.75) is 102 Å². The van der Waals surface area contributed by atoms with Gasteiger partial charge < -0.3 is 24.4 Å². The maximum absolute atomic E-state index is 12.1. The number of halogens is 7. The quantitative estimate of drug-likeness (QED) is 0.128. The summed E-state index contributed by atoms with van der Waals surface area (Å²) in [6.45, 7) is 21.8. The van der Waals surface area contributed by atoms with Gasteiger partial charge in [-0.1, -0.05) is 96.4 Å². The average molecular weight is 1120 g/mol. The maximum Gasteiger partial charge on any atom is 2.00 e. The molecule has 0 aliphatic heterocycles. The second-order valence-corrected chi connectivity index (χ2v) is 25.2. The van der Waals surface area contributed by atoms with Crippen molar-refractivity contribution < 1.29 is 29.6 Å². The van der Waals surface area contributed by atoms with Crippen molar-refractivity contribution in [2.75, 3.05) is 11.5 Å². The van der Waals surface area contributed by atoms with Crippen molar-refractivity contribution in [1.29, 1.82) is 0 Å². The minimum atomic E-state index is -1.24. The van der Waals surface area contributed by atoms with Crippen LogP contribution in [0.3, 0.4) is 0 Å². The van der Waals surface area contributed by atoms with E-state index < -0.39 is 32.6 Å². The van der Waals surface area contributed by atoms with Gasteiger partial charge in [-0.25, -0.2) is 4.21 Å². The molecule has 53 heavy (non-hydrogen) atoms. The molecule has 0 heterocycles. The molecule has 4 nitrogen and oxygen atoms in total. The fourth-order valence-electron chi connectivity index (χ4n) is 3.78. The van der Waals surface area contributed by atoms with Crippen molar-refractivity contribution in [1.82, 2.24) is 0 Å². The molecule has 296 valence electrons. The van der Waals surface area contributed by atoms with Crippen LogP contribution in [0.2, 0.25) is 15.1 Å². The Morgan fingerprint density at radius 3 is 1.21 bits per heavy atom. The van der Waals surface area contributed by atoms with Gasteiger partial charge in [0.25, 0.3) is 0 Å². The van der Waals surface area contributed by atoms with Crippen LogP contribution >= 0.6 is 82.6 Å². The fourth-order valence-corrected chi connectivity index (χ4v) is 9.27. The van der Waals surface area contributed by atoms with E-state index in [1.54, 1.807) is 18.3 Å². The zero-order valence-corrected chi connectivity index (χ0v) is 45.1. The number of benzene rings is 3. The second kappa shape index (κ2) is 26.4. The van der Waals surface area contributed by atoms with Crippen LogP contribution in [0, 0.1) is 7.43 Å². The van der Waals surface area contributed by atoms with Gasteiger partial charge in [-0.2, -0.15) is 4.40 Å². The van der Waals surface area contributed by atoms with Crippen LogP contribution in [0.1, 0.15) is 105 Å². The zero-order valence-electron chi connectivity index (χ0n) is 32.6. The van der Waals surface area contributed by atoms with Crippen LogP contribution in [0.15, 0.2) is 72.4 Å². The predicted octanol–water partition coefficient (Wildman–Crippen LogP) is 10.6. The van der Waals surface area contributed by atoms with Gasteiger partial charge >= 0.3 is 23.1 Å². The average Bonchev–Trinajstić information content (AvgIpc) is 2.93. The van der Waals surface area contributed by atoms with Gasteiger partial charge in [-0.15, -0.1) is 0 Å². The molecular weight excluding hydrogens is 1060 g/mol. The molecule has 0 unspecified atom stereocenters. The fraction of sp³-hybridized carbons (Fsp3) is 0.474. The molecule has 0 saturated heterocycles. The van der Waals surface area contributed by atoms with E-state index in [-0.39, 0.29) is 73.5 Å². The van der Waals surface area contributed by atoms with E-state index in [0.717, 1.165) is 30.1 Å². The Balaban J connectivity index is -0.000000688. The summed E-state index contributed by atoms with van der Waals surface area (Å²) in [5.74, 6) is 1.81. The number of hydrogen-bond donors (Lipinski definition) is 0. The summed E-state index contributed by atoms with van der Waals surface area (Å²) in [4.78, 5) is 0. The molecule has 5 atom stereocenters. The summed E-state index contributed by atoms with van der Waals surface area (Å²) in [5, 5.41) is 2.04. The maximum atomic E-state index is 12.1. The minimum absolute atomic E-state index is 0. The molecule has 3 aromatic carbocycles. The van der Waals surface area contributed by atoms with Crippen molar-refractivity contribution in [3.05, 3.63) is 107 Å². The monoisotopic (exact) mass is 1110 g/mol. The van der Waals surface area contributed by atoms with Crippen LogP contribution in [-0.2, 0) is 32.6 Å². The van der Waals surface area contributed by atoms with E-state index in [4.69, 9.17) is 34.8 Å². The Hall–Kier alpha value is 1.34. The Morgan fingerprint density at radius 1 is 0.604 bits per heavy atom. The summed E-state index contributed by atoms with van der Waals surface area (Å²) in [6.07, 6.45) is 1.58. The molecule has 0 aliphatic rings. The molecule has 0 fully saturated rings. The molecule has 0 N–H and O–H groups in total. The van der Waals surface area contributed by atoms with E-state index >= 15 is 0 Å². The van der Waals surface area contributed by atoms with Crippen molar-refractivity contribution in [3.63, 3.8) is 0 Å². The predicted molar refractivity (Wildman–Crippen MR) is 247 cm³/mol. The first-order chi connectivity index (χ1) is 22.7. The molecule has 0 radical (unpaired) electrons. The number of hydrogen-bond acceptors (Lipinski definition) is 3. The van der Waals surface area contributed by atoms with Crippen molar-refractivity contribution in [2.24, 2.45) is 4.40 Å². The van der Waals surface area contributed by atoms with Crippen LogP contribution in [0.25, 0.3) is 0 Å². The molecule has 0 saturated carbocycles. The summed E-state index contributed by atoms with van der Waals surface area (Å²) in [5.41, 5.74) is 3.08. The first-order valence-electron chi connectivity index (χ1n) is 15.8. The van der Waals surface area contributed by atoms with Crippen molar-refractivity contribution >= 4 is 144 Å². The van der Waals surface area contributed by atoms with E-state index in [9.17, 15) is 12.6 Å². The molecule has 3 aromatic rings. The molecule has 0 bridgehead atoms. The summed E-state index contributed by atoms with van der Waals surface area (Å²) < 4.78 is 42.0. The van der Waals surface area contributed by atoms with Gasteiger partial charge in [0.1, 0.15) is 11.0 Å². The van der Waals surface area contributed by atoms with Crippen LogP contribution in [0.4, 0.5) is 0 Å². The van der Waals surface area contributed by atoms with E-state index in [2.05, 4.69) is 66.0 Å². The number of rotatable bonds is 8. The zero-order chi connectivity index (χ0) is 38.8. The third kappa shape index (κ3) is 24.1. The second-order valence-electron chi connectivity index (χ2n) is 14.8. The molecule has 15 heteroatoms. The minimum Gasteiger partial charge on any atom is -1.00 e. The Kier molecular flexibility index (Phi) is 29.3. The normalized spacial score (nSPS) is 14.4. The summed E-state index contributed by atoms with van der Waals surface area (Å²) >= 11 is 28.1. The van der Waals surface area contributed by atoms with Crippen LogP contribution in [0.5, 0.6) is 0 Å². The molecular formula is C38H52Br4Cl3MgNO3S3. The van der Waals surface area contributed by atoms with E-state index in [1.165, 1.54) is 0 Å². The van der Waals surface area contributed by atoms with Gasteiger partial charge in [0, 0.05) is 77.3 Å². The largest absolute Gasteiger partial charge is 2.00 e. The summed E-state index contributed by atoms with van der Waals surface area (Å²) in [7, 11) is -2.92. The Morgan fingerprint density at radius 2 is 0.925 bits per heavy atom. The van der Waals surface area contributed by atoms with Gasteiger partial charge in [0.05, 0.1) is 4.75 Å². The van der Waals surface area contributed by atoms with Gasteiger partial charge in [0.2, 0.25) is 0 Å². The third-order valence-corrected chi connectivity index (χ3v) is 14.5. The number of nitrogens with zero attached hydrogens (tertiary/aromatic N) is 1. The smallest absolute Gasteiger partial charge is 1.00 e. The van der Waals surface area contributed by atoms with Gasteiger partial charge in [-0.05, 0) is 145 Å². The molecule has 0 aliphatic carbocycles. The molecule has 0 spiro atoms. The van der Waals surface area contributed by atoms with Gasteiger partial charge in [-0.3, -0.25) is 8.42 Å². The Bertz CT molecular complexity index is 1550. The molecule has 3 rings (SSSR count). The summed E-state index contributed by atoms with van der Waals surface area (Å²) in [6, 6.07) is 17.1. The van der Waals surface area contributed by atoms with Crippen molar-refractivity contribution in [3.8, 4) is 0 Å². The van der Waals surface area contributed by atoms with Crippen LogP contribution in [-0.4, -0.2) is 67.6 Å². The van der Waals surface area contributed by atoms with E-state index in [0.29, 0.717) is 26.6 Å². The molecule has 0 amide bonds. The third-order valence-electron chi connectivity index (χ3n) is 6.78. The first-order valence-corrected chi connectivity index (χ1v) is 23.1. The first kappa shape index (κ1) is 58.7. The van der Waals surface area contributed by atoms with Crippen LogP contribution < -0.4 is 17.0 Å². The Labute approximate surface area is 394 Å².